The summed E-state index contributed by atoms with van der Waals surface area (Å²) in [5.74, 6) is 0.811. The Morgan fingerprint density at radius 1 is 1.25 bits per heavy atom. The maximum atomic E-state index is 12.7. The number of nitrogens with one attached hydrogen (secondary N) is 1. The SMILES string of the molecule is C[C@@H]1CN(S(=O)(=O)c2ccc3c(c2)CCO3)C[C@@H](C)N1. The van der Waals surface area contributed by atoms with Gasteiger partial charge in [-0.3, -0.25) is 0 Å². The Kier molecular flexibility index (Phi) is 3.48. The van der Waals surface area contributed by atoms with Gasteiger partial charge in [-0.15, -0.1) is 0 Å². The zero-order valence-corrected chi connectivity index (χ0v) is 12.6. The van der Waals surface area contributed by atoms with E-state index in [2.05, 4.69) is 5.32 Å². The van der Waals surface area contributed by atoms with Gasteiger partial charge in [0, 0.05) is 31.6 Å². The van der Waals surface area contributed by atoms with Crippen LogP contribution in [0.3, 0.4) is 0 Å². The zero-order chi connectivity index (χ0) is 14.3. The van der Waals surface area contributed by atoms with Crippen LogP contribution in [0.25, 0.3) is 0 Å². The molecule has 1 aromatic rings. The van der Waals surface area contributed by atoms with Crippen molar-refractivity contribution in [1.29, 1.82) is 0 Å². The molecule has 2 aliphatic heterocycles. The number of hydrogen-bond acceptors (Lipinski definition) is 4. The standard InChI is InChI=1S/C14H20N2O3S/c1-10-8-16(9-11(2)15-10)20(17,18)13-3-4-14-12(7-13)5-6-19-14/h3-4,7,10-11,15H,5-6,8-9H2,1-2H3/t10-,11-/m1/s1. The van der Waals surface area contributed by atoms with Crippen LogP contribution in [0.1, 0.15) is 19.4 Å². The first-order valence-electron chi connectivity index (χ1n) is 6.99. The monoisotopic (exact) mass is 296 g/mol. The molecule has 2 aliphatic rings. The van der Waals surface area contributed by atoms with E-state index in [1.165, 1.54) is 0 Å². The van der Waals surface area contributed by atoms with E-state index in [-0.39, 0.29) is 12.1 Å². The third-order valence-electron chi connectivity index (χ3n) is 3.82. The molecule has 3 rings (SSSR count). The lowest BCUT2D eigenvalue weighted by Gasteiger charge is -2.35. The van der Waals surface area contributed by atoms with Crippen LogP contribution in [0.4, 0.5) is 0 Å². The maximum Gasteiger partial charge on any atom is 0.243 e. The average Bonchev–Trinajstić information content (AvgIpc) is 2.84. The highest BCUT2D eigenvalue weighted by molar-refractivity contribution is 7.89. The van der Waals surface area contributed by atoms with Crippen LogP contribution in [0.15, 0.2) is 23.1 Å². The molecule has 1 fully saturated rings. The number of piperazine rings is 1. The molecular formula is C14H20N2O3S. The van der Waals surface area contributed by atoms with Crippen molar-refractivity contribution in [3.05, 3.63) is 23.8 Å². The van der Waals surface area contributed by atoms with Crippen LogP contribution in [0, 0.1) is 0 Å². The molecule has 2 heterocycles. The molecule has 0 aromatic heterocycles. The molecule has 0 amide bonds. The maximum absolute atomic E-state index is 12.7. The smallest absolute Gasteiger partial charge is 0.243 e. The van der Waals surface area contributed by atoms with Crippen molar-refractivity contribution in [2.75, 3.05) is 19.7 Å². The number of rotatable bonds is 2. The summed E-state index contributed by atoms with van der Waals surface area (Å²) in [5, 5.41) is 3.35. The second-order valence-corrected chi connectivity index (χ2v) is 7.60. The molecule has 2 atom stereocenters. The largest absolute Gasteiger partial charge is 0.493 e. The van der Waals surface area contributed by atoms with Gasteiger partial charge < -0.3 is 10.1 Å². The summed E-state index contributed by atoms with van der Waals surface area (Å²) in [7, 11) is -3.41. The topological polar surface area (TPSA) is 58.6 Å². The number of fused-ring (bicyclic) bond motifs is 1. The summed E-state index contributed by atoms with van der Waals surface area (Å²) < 4.78 is 32.5. The molecule has 1 N–H and O–H groups in total. The van der Waals surface area contributed by atoms with Crippen molar-refractivity contribution in [3.63, 3.8) is 0 Å². The van der Waals surface area contributed by atoms with Gasteiger partial charge in [-0.05, 0) is 37.6 Å². The van der Waals surface area contributed by atoms with E-state index in [1.807, 2.05) is 13.8 Å². The highest BCUT2D eigenvalue weighted by atomic mass is 32.2. The summed E-state index contributed by atoms with van der Waals surface area (Å²) in [6.45, 7) is 5.69. The molecule has 1 saturated heterocycles. The zero-order valence-electron chi connectivity index (χ0n) is 11.8. The molecule has 0 unspecified atom stereocenters. The van der Waals surface area contributed by atoms with Crippen molar-refractivity contribution in [2.24, 2.45) is 0 Å². The molecule has 110 valence electrons. The Labute approximate surface area is 120 Å². The minimum absolute atomic E-state index is 0.172. The van der Waals surface area contributed by atoms with Crippen LogP contribution >= 0.6 is 0 Å². The molecule has 1 aromatic carbocycles. The van der Waals surface area contributed by atoms with Gasteiger partial charge in [0.25, 0.3) is 0 Å². The summed E-state index contributed by atoms with van der Waals surface area (Å²) in [6, 6.07) is 5.52. The molecule has 0 spiro atoms. The van der Waals surface area contributed by atoms with Gasteiger partial charge in [-0.25, -0.2) is 8.42 Å². The lowest BCUT2D eigenvalue weighted by atomic mass is 10.2. The Balaban J connectivity index is 1.91. The molecular weight excluding hydrogens is 276 g/mol. The lowest BCUT2D eigenvalue weighted by molar-refractivity contribution is 0.263. The fourth-order valence-corrected chi connectivity index (χ4v) is 4.61. The highest BCUT2D eigenvalue weighted by Gasteiger charge is 2.32. The molecule has 0 radical (unpaired) electrons. The van der Waals surface area contributed by atoms with E-state index in [0.29, 0.717) is 24.6 Å². The van der Waals surface area contributed by atoms with Gasteiger partial charge in [0.1, 0.15) is 5.75 Å². The second-order valence-electron chi connectivity index (χ2n) is 5.66. The van der Waals surface area contributed by atoms with Gasteiger partial charge in [-0.2, -0.15) is 4.31 Å². The van der Waals surface area contributed by atoms with E-state index in [1.54, 1.807) is 22.5 Å². The summed E-state index contributed by atoms with van der Waals surface area (Å²) in [5.41, 5.74) is 0.988. The summed E-state index contributed by atoms with van der Waals surface area (Å²) in [4.78, 5) is 0.378. The summed E-state index contributed by atoms with van der Waals surface area (Å²) in [6.07, 6.45) is 0.785. The van der Waals surface area contributed by atoms with E-state index in [9.17, 15) is 8.42 Å². The third kappa shape index (κ3) is 2.43. The van der Waals surface area contributed by atoms with Crippen LogP contribution < -0.4 is 10.1 Å². The van der Waals surface area contributed by atoms with Crippen LogP contribution in [0.2, 0.25) is 0 Å². The second kappa shape index (κ2) is 5.02. The van der Waals surface area contributed by atoms with Crippen LogP contribution in [0.5, 0.6) is 5.75 Å². The first kappa shape index (κ1) is 13.9. The van der Waals surface area contributed by atoms with Crippen molar-refractivity contribution < 1.29 is 13.2 Å². The van der Waals surface area contributed by atoms with Gasteiger partial charge in [-0.1, -0.05) is 0 Å². The van der Waals surface area contributed by atoms with Crippen molar-refractivity contribution in [1.82, 2.24) is 9.62 Å². The van der Waals surface area contributed by atoms with Gasteiger partial charge in [0.2, 0.25) is 10.0 Å². The van der Waals surface area contributed by atoms with Gasteiger partial charge in [0.15, 0.2) is 0 Å². The summed E-state index contributed by atoms with van der Waals surface area (Å²) >= 11 is 0. The Morgan fingerprint density at radius 2 is 1.95 bits per heavy atom. The highest BCUT2D eigenvalue weighted by Crippen LogP contribution is 2.29. The molecule has 20 heavy (non-hydrogen) atoms. The fourth-order valence-electron chi connectivity index (χ4n) is 2.95. The van der Waals surface area contributed by atoms with Crippen molar-refractivity contribution in [2.45, 2.75) is 37.2 Å². The molecule has 0 aliphatic carbocycles. The molecule has 0 saturated carbocycles. The minimum Gasteiger partial charge on any atom is -0.493 e. The fraction of sp³-hybridized carbons (Fsp3) is 0.571. The van der Waals surface area contributed by atoms with Crippen molar-refractivity contribution in [3.8, 4) is 5.75 Å². The third-order valence-corrected chi connectivity index (χ3v) is 5.65. The average molecular weight is 296 g/mol. The van der Waals surface area contributed by atoms with Gasteiger partial charge >= 0.3 is 0 Å². The van der Waals surface area contributed by atoms with E-state index < -0.39 is 10.0 Å². The van der Waals surface area contributed by atoms with Crippen LogP contribution in [-0.2, 0) is 16.4 Å². The predicted octanol–water partition coefficient (Wildman–Crippen LogP) is 0.992. The van der Waals surface area contributed by atoms with Crippen molar-refractivity contribution >= 4 is 10.0 Å². The lowest BCUT2D eigenvalue weighted by Crippen LogP contribution is -2.55. The number of nitrogens with zero attached hydrogens (tertiary/aromatic N) is 1. The van der Waals surface area contributed by atoms with E-state index >= 15 is 0 Å². The minimum atomic E-state index is -3.41. The van der Waals surface area contributed by atoms with Crippen LogP contribution in [-0.4, -0.2) is 44.5 Å². The normalized spacial score (nSPS) is 27.1. The molecule has 5 nitrogen and oxygen atoms in total. The predicted molar refractivity (Wildman–Crippen MR) is 76.5 cm³/mol. The first-order valence-corrected chi connectivity index (χ1v) is 8.43. The quantitative estimate of drug-likeness (QED) is 0.884. The molecule has 0 bridgehead atoms. The number of hydrogen-bond donors (Lipinski definition) is 1. The van der Waals surface area contributed by atoms with Gasteiger partial charge in [0.05, 0.1) is 11.5 Å². The number of benzene rings is 1. The Hall–Kier alpha value is -1.11. The number of ether oxygens (including phenoxy) is 1. The molecule has 6 heteroatoms. The van der Waals surface area contributed by atoms with E-state index in [4.69, 9.17) is 4.74 Å². The Morgan fingerprint density at radius 3 is 2.65 bits per heavy atom. The number of sulfonamides is 1. The Bertz CT molecular complexity index is 605. The first-order chi connectivity index (χ1) is 9.46. The van der Waals surface area contributed by atoms with E-state index in [0.717, 1.165) is 17.7 Å².